The van der Waals surface area contributed by atoms with Crippen molar-refractivity contribution in [3.8, 4) is 0 Å². The molecule has 0 bridgehead atoms. The highest BCUT2D eigenvalue weighted by atomic mass is 127. The second-order valence-electron chi connectivity index (χ2n) is 6.05. The molecular formula is C19H26IN5O. The van der Waals surface area contributed by atoms with E-state index in [4.69, 9.17) is 4.52 Å². The summed E-state index contributed by atoms with van der Waals surface area (Å²) in [6.45, 7) is 5.58. The summed E-state index contributed by atoms with van der Waals surface area (Å²) < 4.78 is 5.28. The molecule has 2 heterocycles. The summed E-state index contributed by atoms with van der Waals surface area (Å²) in [5, 5.41) is 11.9. The minimum Gasteiger partial charge on any atom is -0.361 e. The molecule has 3 aromatic rings. The Bertz CT molecular complexity index is 868. The smallest absolute Gasteiger partial charge is 0.191 e. The Balaban J connectivity index is 0.00000243. The first kappa shape index (κ1) is 20.3. The molecule has 0 radical (unpaired) electrons. The SMILES string of the molecule is CCc1cc(CNC(=NC)NCCc2c[nH]c3cccc(C)c23)on1.I. The molecule has 6 nitrogen and oxygen atoms in total. The largest absolute Gasteiger partial charge is 0.361 e. The van der Waals surface area contributed by atoms with E-state index in [1.165, 1.54) is 22.0 Å². The number of aryl methyl sites for hydroxylation is 2. The van der Waals surface area contributed by atoms with Crippen LogP contribution in [0.15, 0.2) is 40.0 Å². The van der Waals surface area contributed by atoms with Gasteiger partial charge in [0.15, 0.2) is 11.7 Å². The molecule has 3 rings (SSSR count). The molecule has 0 amide bonds. The number of guanidine groups is 1. The van der Waals surface area contributed by atoms with E-state index in [0.29, 0.717) is 6.54 Å². The first-order valence-electron chi connectivity index (χ1n) is 8.65. The van der Waals surface area contributed by atoms with Crippen molar-refractivity contribution in [1.29, 1.82) is 0 Å². The van der Waals surface area contributed by atoms with Crippen LogP contribution in [0.2, 0.25) is 0 Å². The van der Waals surface area contributed by atoms with E-state index in [1.54, 1.807) is 7.05 Å². The van der Waals surface area contributed by atoms with Crippen molar-refractivity contribution >= 4 is 40.8 Å². The molecule has 0 unspecified atom stereocenters. The molecule has 0 aliphatic carbocycles. The van der Waals surface area contributed by atoms with E-state index >= 15 is 0 Å². The average Bonchev–Trinajstić information content (AvgIpc) is 3.25. The third-order valence-electron chi connectivity index (χ3n) is 4.31. The van der Waals surface area contributed by atoms with Crippen LogP contribution >= 0.6 is 24.0 Å². The van der Waals surface area contributed by atoms with Crippen molar-refractivity contribution in [1.82, 2.24) is 20.8 Å². The van der Waals surface area contributed by atoms with Crippen molar-refractivity contribution in [2.24, 2.45) is 4.99 Å². The standard InChI is InChI=1S/C19H25N5O.HI/c1-4-15-10-16(25-24-15)12-23-19(20-3)21-9-8-14-11-22-17-7-5-6-13(2)18(14)17;/h5-7,10-11,22H,4,8-9,12H2,1-3H3,(H2,20,21,23);1H. The molecule has 0 aliphatic rings. The molecule has 0 aliphatic heterocycles. The van der Waals surface area contributed by atoms with Crippen LogP contribution < -0.4 is 10.6 Å². The van der Waals surface area contributed by atoms with Gasteiger partial charge in [-0.3, -0.25) is 4.99 Å². The summed E-state index contributed by atoms with van der Waals surface area (Å²) in [5.41, 5.74) is 4.77. The predicted octanol–water partition coefficient (Wildman–Crippen LogP) is 3.55. The van der Waals surface area contributed by atoms with Gasteiger partial charge in [0.1, 0.15) is 0 Å². The summed E-state index contributed by atoms with van der Waals surface area (Å²) in [5.74, 6) is 1.57. The lowest BCUT2D eigenvalue weighted by Crippen LogP contribution is -2.37. The number of aromatic amines is 1. The Labute approximate surface area is 170 Å². The summed E-state index contributed by atoms with van der Waals surface area (Å²) >= 11 is 0. The Hall–Kier alpha value is -2.03. The zero-order valence-electron chi connectivity index (χ0n) is 15.4. The van der Waals surface area contributed by atoms with Crippen molar-refractivity contribution < 1.29 is 4.52 Å². The topological polar surface area (TPSA) is 78.2 Å². The van der Waals surface area contributed by atoms with Gasteiger partial charge in [0.05, 0.1) is 12.2 Å². The maximum atomic E-state index is 5.28. The first-order valence-corrected chi connectivity index (χ1v) is 8.65. The molecule has 0 fully saturated rings. The van der Waals surface area contributed by atoms with Crippen molar-refractivity contribution in [3.63, 3.8) is 0 Å². The molecule has 2 aromatic heterocycles. The van der Waals surface area contributed by atoms with Crippen LogP contribution in [-0.4, -0.2) is 29.7 Å². The summed E-state index contributed by atoms with van der Waals surface area (Å²) in [6, 6.07) is 8.31. The van der Waals surface area contributed by atoms with Crippen molar-refractivity contribution in [3.05, 3.63) is 53.0 Å². The first-order chi connectivity index (χ1) is 12.2. The lowest BCUT2D eigenvalue weighted by molar-refractivity contribution is 0.374. The maximum Gasteiger partial charge on any atom is 0.191 e. The number of hydrogen-bond acceptors (Lipinski definition) is 3. The number of aliphatic imine (C=N–C) groups is 1. The van der Waals surface area contributed by atoms with E-state index < -0.39 is 0 Å². The van der Waals surface area contributed by atoms with Crippen LogP contribution in [0.3, 0.4) is 0 Å². The number of hydrogen-bond donors (Lipinski definition) is 3. The van der Waals surface area contributed by atoms with Gasteiger partial charge in [-0.15, -0.1) is 24.0 Å². The molecule has 0 saturated heterocycles. The highest BCUT2D eigenvalue weighted by Crippen LogP contribution is 2.22. The van der Waals surface area contributed by atoms with Crippen LogP contribution in [0.1, 0.15) is 29.5 Å². The van der Waals surface area contributed by atoms with Gasteiger partial charge in [-0.05, 0) is 37.0 Å². The lowest BCUT2D eigenvalue weighted by Gasteiger charge is -2.10. The summed E-state index contributed by atoms with van der Waals surface area (Å²) in [6.07, 6.45) is 3.89. The highest BCUT2D eigenvalue weighted by molar-refractivity contribution is 14.0. The highest BCUT2D eigenvalue weighted by Gasteiger charge is 2.07. The average molecular weight is 467 g/mol. The number of nitrogens with zero attached hydrogens (tertiary/aromatic N) is 2. The zero-order chi connectivity index (χ0) is 17.6. The number of halogens is 1. The Morgan fingerprint density at radius 3 is 2.88 bits per heavy atom. The number of H-pyrrole nitrogens is 1. The minimum atomic E-state index is 0. The van der Waals surface area contributed by atoms with E-state index in [2.05, 4.69) is 64.0 Å². The molecule has 26 heavy (non-hydrogen) atoms. The minimum absolute atomic E-state index is 0. The van der Waals surface area contributed by atoms with Gasteiger partial charge >= 0.3 is 0 Å². The maximum absolute atomic E-state index is 5.28. The van der Waals surface area contributed by atoms with Gasteiger partial charge in [-0.1, -0.05) is 24.2 Å². The fourth-order valence-electron chi connectivity index (χ4n) is 2.96. The summed E-state index contributed by atoms with van der Waals surface area (Å²) in [7, 11) is 1.77. The molecular weight excluding hydrogens is 441 g/mol. The predicted molar refractivity (Wildman–Crippen MR) is 116 cm³/mol. The van der Waals surface area contributed by atoms with Gasteiger partial charge in [0.25, 0.3) is 0 Å². The molecule has 0 spiro atoms. The van der Waals surface area contributed by atoms with Gasteiger partial charge in [0.2, 0.25) is 0 Å². The van der Waals surface area contributed by atoms with Crippen LogP contribution in [0.4, 0.5) is 0 Å². The van der Waals surface area contributed by atoms with Gasteiger partial charge in [-0.25, -0.2) is 0 Å². The molecule has 7 heteroatoms. The van der Waals surface area contributed by atoms with Crippen LogP contribution in [0, 0.1) is 6.92 Å². The van der Waals surface area contributed by atoms with E-state index in [1.807, 2.05) is 6.07 Å². The molecule has 140 valence electrons. The number of rotatable bonds is 6. The lowest BCUT2D eigenvalue weighted by atomic mass is 10.1. The fourth-order valence-corrected chi connectivity index (χ4v) is 2.96. The zero-order valence-corrected chi connectivity index (χ0v) is 17.8. The molecule has 0 atom stereocenters. The number of fused-ring (bicyclic) bond motifs is 1. The Kier molecular flexibility index (Phi) is 7.50. The normalized spacial score (nSPS) is 11.4. The quantitative estimate of drug-likeness (QED) is 0.295. The van der Waals surface area contributed by atoms with Crippen LogP contribution in [0.25, 0.3) is 10.9 Å². The van der Waals surface area contributed by atoms with Crippen LogP contribution in [-0.2, 0) is 19.4 Å². The monoisotopic (exact) mass is 467 g/mol. The third kappa shape index (κ3) is 4.78. The van der Waals surface area contributed by atoms with E-state index in [9.17, 15) is 0 Å². The second-order valence-corrected chi connectivity index (χ2v) is 6.05. The van der Waals surface area contributed by atoms with Gasteiger partial charge < -0.3 is 20.1 Å². The number of aromatic nitrogens is 2. The van der Waals surface area contributed by atoms with E-state index in [-0.39, 0.29) is 24.0 Å². The summed E-state index contributed by atoms with van der Waals surface area (Å²) in [4.78, 5) is 7.60. The third-order valence-corrected chi connectivity index (χ3v) is 4.31. The molecule has 3 N–H and O–H groups in total. The van der Waals surface area contributed by atoms with E-state index in [0.717, 1.165) is 36.8 Å². The van der Waals surface area contributed by atoms with Crippen LogP contribution in [0.5, 0.6) is 0 Å². The number of benzene rings is 1. The van der Waals surface area contributed by atoms with Gasteiger partial charge in [-0.2, -0.15) is 0 Å². The fraction of sp³-hybridized carbons (Fsp3) is 0.368. The number of nitrogens with one attached hydrogen (secondary N) is 3. The Morgan fingerprint density at radius 1 is 1.31 bits per heavy atom. The van der Waals surface area contributed by atoms with Gasteiger partial charge in [0, 0.05) is 36.8 Å². The van der Waals surface area contributed by atoms with Crippen molar-refractivity contribution in [2.75, 3.05) is 13.6 Å². The Morgan fingerprint density at radius 2 is 2.15 bits per heavy atom. The molecule has 1 aromatic carbocycles. The van der Waals surface area contributed by atoms with Crippen molar-refractivity contribution in [2.45, 2.75) is 33.2 Å². The second kappa shape index (κ2) is 9.61. The molecule has 0 saturated carbocycles.